The highest BCUT2D eigenvalue weighted by molar-refractivity contribution is 5.59. The minimum Gasteiger partial charge on any atom is -0.303 e. The zero-order chi connectivity index (χ0) is 8.13. The predicted octanol–water partition coefficient (Wildman–Crippen LogP) is 2.22. The molecular formula is C11H15O. The van der Waals surface area contributed by atoms with Crippen molar-refractivity contribution in [2.75, 3.05) is 0 Å². The Balaban J connectivity index is 1.90. The number of carbonyl (C=O) groups is 1. The van der Waals surface area contributed by atoms with Crippen LogP contribution < -0.4 is 0 Å². The summed E-state index contributed by atoms with van der Waals surface area (Å²) in [6.45, 7) is 0. The van der Waals surface area contributed by atoms with Gasteiger partial charge in [-0.2, -0.15) is 0 Å². The van der Waals surface area contributed by atoms with Crippen molar-refractivity contribution in [2.24, 2.45) is 23.7 Å². The van der Waals surface area contributed by atoms with Gasteiger partial charge in [-0.25, -0.2) is 0 Å². The Morgan fingerprint density at radius 3 is 2.25 bits per heavy atom. The van der Waals surface area contributed by atoms with Gasteiger partial charge in [0.2, 0.25) is 0 Å². The van der Waals surface area contributed by atoms with Gasteiger partial charge < -0.3 is 4.79 Å². The highest BCUT2D eigenvalue weighted by atomic mass is 16.1. The molecule has 0 saturated heterocycles. The topological polar surface area (TPSA) is 17.1 Å². The highest BCUT2D eigenvalue weighted by Gasteiger charge is 2.48. The molecule has 0 aromatic carbocycles. The summed E-state index contributed by atoms with van der Waals surface area (Å²) in [5, 5.41) is 0. The molecule has 1 radical (unpaired) electrons. The summed E-state index contributed by atoms with van der Waals surface area (Å²) in [6, 6.07) is 0. The third kappa shape index (κ3) is 0.826. The zero-order valence-electron chi connectivity index (χ0n) is 7.33. The minimum absolute atomic E-state index is 0.373. The second kappa shape index (κ2) is 2.34. The molecule has 4 rings (SSSR count). The molecule has 0 aromatic rings. The van der Waals surface area contributed by atoms with E-state index in [1.54, 1.807) is 5.92 Å². The van der Waals surface area contributed by atoms with Gasteiger partial charge in [0.1, 0.15) is 6.29 Å². The molecular weight excluding hydrogens is 148 g/mol. The van der Waals surface area contributed by atoms with Crippen LogP contribution in [-0.4, -0.2) is 6.29 Å². The van der Waals surface area contributed by atoms with Crippen molar-refractivity contribution in [1.82, 2.24) is 0 Å². The van der Waals surface area contributed by atoms with Gasteiger partial charge in [0.25, 0.3) is 0 Å². The van der Waals surface area contributed by atoms with Crippen LogP contribution in [0, 0.1) is 29.6 Å². The van der Waals surface area contributed by atoms with Crippen molar-refractivity contribution in [3.63, 3.8) is 0 Å². The van der Waals surface area contributed by atoms with Gasteiger partial charge in [0.05, 0.1) is 0 Å². The maximum Gasteiger partial charge on any atom is 0.123 e. The van der Waals surface area contributed by atoms with Crippen molar-refractivity contribution in [3.05, 3.63) is 5.92 Å². The molecule has 3 unspecified atom stereocenters. The van der Waals surface area contributed by atoms with Gasteiger partial charge in [0.15, 0.2) is 0 Å². The van der Waals surface area contributed by atoms with Gasteiger partial charge in [-0.15, -0.1) is 0 Å². The van der Waals surface area contributed by atoms with Gasteiger partial charge in [-0.05, 0) is 55.8 Å². The molecule has 4 aliphatic rings. The Labute approximate surface area is 73.5 Å². The Bertz CT molecular complexity index is 181. The Hall–Kier alpha value is -0.330. The quantitative estimate of drug-likeness (QED) is 0.542. The first kappa shape index (κ1) is 7.11. The number of carbonyl (C=O) groups excluding carboxylic acids is 1. The fraction of sp³-hybridized carbons (Fsp3) is 0.818. The molecule has 4 aliphatic carbocycles. The molecule has 0 amide bonds. The average molecular weight is 163 g/mol. The van der Waals surface area contributed by atoms with Crippen LogP contribution in [0.2, 0.25) is 0 Å². The van der Waals surface area contributed by atoms with E-state index in [-0.39, 0.29) is 0 Å². The molecule has 65 valence electrons. The summed E-state index contributed by atoms with van der Waals surface area (Å²) < 4.78 is 0. The van der Waals surface area contributed by atoms with Crippen LogP contribution in [0.25, 0.3) is 0 Å². The lowest BCUT2D eigenvalue weighted by Gasteiger charge is -2.52. The van der Waals surface area contributed by atoms with Crippen LogP contribution >= 0.6 is 0 Å². The fourth-order valence-electron chi connectivity index (χ4n) is 3.88. The standard InChI is InChI=1S/C11H15O/c12-6-11-9-2-7-1-8(4-9)5-10(11)3-7/h6-9,11H,1-5H2. The zero-order valence-corrected chi connectivity index (χ0v) is 7.33. The van der Waals surface area contributed by atoms with Crippen LogP contribution in [-0.2, 0) is 4.79 Å². The van der Waals surface area contributed by atoms with Crippen molar-refractivity contribution in [3.8, 4) is 0 Å². The molecule has 1 nitrogen and oxygen atoms in total. The fourth-order valence-corrected chi connectivity index (χ4v) is 3.88. The van der Waals surface area contributed by atoms with Crippen molar-refractivity contribution >= 4 is 6.29 Å². The molecule has 0 aliphatic heterocycles. The first-order valence-electron chi connectivity index (χ1n) is 5.16. The Morgan fingerprint density at radius 2 is 1.75 bits per heavy atom. The molecule has 3 atom stereocenters. The van der Waals surface area contributed by atoms with Gasteiger partial charge in [-0.1, -0.05) is 0 Å². The number of hydrogen-bond donors (Lipinski definition) is 0. The molecule has 4 bridgehead atoms. The second-order valence-electron chi connectivity index (χ2n) is 4.93. The van der Waals surface area contributed by atoms with E-state index >= 15 is 0 Å². The summed E-state index contributed by atoms with van der Waals surface area (Å²) in [6.07, 6.45) is 7.96. The highest BCUT2D eigenvalue weighted by Crippen LogP contribution is 2.56. The molecule has 4 fully saturated rings. The summed E-state index contributed by atoms with van der Waals surface area (Å²) in [4.78, 5) is 10.9. The van der Waals surface area contributed by atoms with Crippen LogP contribution in [0.5, 0.6) is 0 Å². The van der Waals surface area contributed by atoms with Crippen molar-refractivity contribution < 1.29 is 4.79 Å². The van der Waals surface area contributed by atoms with E-state index in [0.717, 1.165) is 17.8 Å². The number of hydrogen-bond acceptors (Lipinski definition) is 1. The van der Waals surface area contributed by atoms with Crippen molar-refractivity contribution in [1.29, 1.82) is 0 Å². The smallest absolute Gasteiger partial charge is 0.123 e. The molecule has 4 saturated carbocycles. The lowest BCUT2D eigenvalue weighted by atomic mass is 9.52. The molecule has 0 aromatic heterocycles. The maximum atomic E-state index is 10.9. The summed E-state index contributed by atoms with van der Waals surface area (Å²) >= 11 is 0. The summed E-state index contributed by atoms with van der Waals surface area (Å²) in [5.41, 5.74) is 0. The SMILES string of the molecule is O=CC1[C]2CC3CC(C2)CC1C3. The van der Waals surface area contributed by atoms with Crippen LogP contribution in [0.1, 0.15) is 32.1 Å². The number of rotatable bonds is 1. The average Bonchev–Trinajstić information content (AvgIpc) is 2.02. The molecule has 0 spiro atoms. The van der Waals surface area contributed by atoms with Crippen LogP contribution in [0.15, 0.2) is 0 Å². The monoisotopic (exact) mass is 163 g/mol. The Morgan fingerprint density at radius 1 is 1.08 bits per heavy atom. The normalized spacial score (nSPS) is 51.3. The Kier molecular flexibility index (Phi) is 1.38. The number of aldehydes is 1. The van der Waals surface area contributed by atoms with Gasteiger partial charge in [0, 0.05) is 5.92 Å². The lowest BCUT2D eigenvalue weighted by Crippen LogP contribution is -2.44. The lowest BCUT2D eigenvalue weighted by molar-refractivity contribution is -0.115. The van der Waals surface area contributed by atoms with E-state index in [4.69, 9.17) is 0 Å². The van der Waals surface area contributed by atoms with Crippen LogP contribution in [0.4, 0.5) is 0 Å². The van der Waals surface area contributed by atoms with E-state index in [9.17, 15) is 4.79 Å². The minimum atomic E-state index is 0.373. The first-order chi connectivity index (χ1) is 5.86. The van der Waals surface area contributed by atoms with E-state index in [2.05, 4.69) is 0 Å². The van der Waals surface area contributed by atoms with Crippen LogP contribution in [0.3, 0.4) is 0 Å². The largest absolute Gasteiger partial charge is 0.303 e. The van der Waals surface area contributed by atoms with Gasteiger partial charge in [-0.3, -0.25) is 0 Å². The van der Waals surface area contributed by atoms with E-state index < -0.39 is 0 Å². The van der Waals surface area contributed by atoms with Crippen molar-refractivity contribution in [2.45, 2.75) is 32.1 Å². The third-order valence-corrected chi connectivity index (χ3v) is 4.17. The van der Waals surface area contributed by atoms with E-state index in [1.165, 1.54) is 38.4 Å². The van der Waals surface area contributed by atoms with E-state index in [0.29, 0.717) is 5.92 Å². The molecule has 0 N–H and O–H groups in total. The summed E-state index contributed by atoms with van der Waals surface area (Å²) in [7, 11) is 0. The molecule has 1 heteroatoms. The molecule has 12 heavy (non-hydrogen) atoms. The summed E-state index contributed by atoms with van der Waals surface area (Å²) in [5.74, 6) is 4.66. The van der Waals surface area contributed by atoms with E-state index in [1.807, 2.05) is 0 Å². The third-order valence-electron chi connectivity index (χ3n) is 4.17. The predicted molar refractivity (Wildman–Crippen MR) is 46.4 cm³/mol. The van der Waals surface area contributed by atoms with Gasteiger partial charge >= 0.3 is 0 Å². The molecule has 0 heterocycles. The second-order valence-corrected chi connectivity index (χ2v) is 4.93. The first-order valence-corrected chi connectivity index (χ1v) is 5.16. The maximum absolute atomic E-state index is 10.9.